The van der Waals surface area contributed by atoms with Crippen LogP contribution in [0.5, 0.6) is 0 Å². The van der Waals surface area contributed by atoms with Crippen LogP contribution in [0.25, 0.3) is 0 Å². The van der Waals surface area contributed by atoms with E-state index in [9.17, 15) is 4.79 Å². The number of hydrogen-bond acceptors (Lipinski definition) is 7. The maximum absolute atomic E-state index is 11.9. The minimum absolute atomic E-state index is 0.0749. The molecule has 1 fully saturated rings. The van der Waals surface area contributed by atoms with Crippen molar-refractivity contribution in [2.75, 3.05) is 47.0 Å². The van der Waals surface area contributed by atoms with Gasteiger partial charge in [0.2, 0.25) is 11.9 Å². The highest BCUT2D eigenvalue weighted by Crippen LogP contribution is 2.37. The number of hydrogen-bond donors (Lipinski definition) is 2. The van der Waals surface area contributed by atoms with Gasteiger partial charge in [-0.15, -0.1) is 11.8 Å². The minimum Gasteiger partial charge on any atom is -0.368 e. The molecular weight excluding hydrogens is 420 g/mol. The second-order valence-electron chi connectivity index (χ2n) is 7.97. The topological polar surface area (TPSA) is 87.4 Å². The van der Waals surface area contributed by atoms with E-state index in [0.29, 0.717) is 0 Å². The summed E-state index contributed by atoms with van der Waals surface area (Å²) in [7, 11) is 0. The maximum atomic E-state index is 11.9. The lowest BCUT2D eigenvalue weighted by atomic mass is 10.0. The lowest BCUT2D eigenvalue weighted by Crippen LogP contribution is -2.47. The fourth-order valence-electron chi connectivity index (χ4n) is 3.82. The Morgan fingerprint density at radius 3 is 2.43 bits per heavy atom. The van der Waals surface area contributed by atoms with Crippen LogP contribution >= 0.6 is 23.4 Å². The van der Waals surface area contributed by atoms with Crippen molar-refractivity contribution in [1.82, 2.24) is 9.97 Å². The van der Waals surface area contributed by atoms with Crippen LogP contribution in [0.15, 0.2) is 29.2 Å². The predicted molar refractivity (Wildman–Crippen MR) is 124 cm³/mol. The Labute approximate surface area is 186 Å². The molecule has 1 aromatic carbocycles. The molecule has 7 nitrogen and oxygen atoms in total. The standard InChI is InChI=1S/C21H27ClN6OS/c1-13(2)17(19(23)29)25-20-18-16(7-12-30-18)24-21(26-20)28-10-8-27(9-11-28)15-5-3-14(22)4-6-15/h3-6,13,17H,7-12H2,1-2H3,(H2,23,29)(H,24,25,26). The van der Waals surface area contributed by atoms with E-state index in [2.05, 4.69) is 27.2 Å². The average Bonchev–Trinajstić information content (AvgIpc) is 3.21. The number of fused-ring (bicyclic) bond motifs is 1. The molecular formula is C21H27ClN6OS. The second kappa shape index (κ2) is 8.89. The van der Waals surface area contributed by atoms with Gasteiger partial charge in [-0.2, -0.15) is 4.98 Å². The van der Waals surface area contributed by atoms with Crippen LogP contribution in [-0.4, -0.2) is 53.8 Å². The Morgan fingerprint density at radius 1 is 1.13 bits per heavy atom. The first-order valence-corrected chi connectivity index (χ1v) is 11.6. The van der Waals surface area contributed by atoms with E-state index < -0.39 is 6.04 Å². The molecule has 0 radical (unpaired) electrons. The van der Waals surface area contributed by atoms with Gasteiger partial charge in [0.05, 0.1) is 10.6 Å². The Hall–Kier alpha value is -2.19. The number of thioether (sulfide) groups is 1. The molecule has 2 aromatic rings. The molecule has 0 bridgehead atoms. The molecule has 9 heteroatoms. The first-order valence-electron chi connectivity index (χ1n) is 10.3. The number of aromatic nitrogens is 2. The largest absolute Gasteiger partial charge is 0.368 e. The highest BCUT2D eigenvalue weighted by atomic mass is 35.5. The molecule has 3 heterocycles. The monoisotopic (exact) mass is 446 g/mol. The Morgan fingerprint density at radius 2 is 1.80 bits per heavy atom. The van der Waals surface area contributed by atoms with Crippen LogP contribution in [0, 0.1) is 5.92 Å². The van der Waals surface area contributed by atoms with Crippen LogP contribution in [0.2, 0.25) is 5.02 Å². The molecule has 4 rings (SSSR count). The molecule has 160 valence electrons. The van der Waals surface area contributed by atoms with Gasteiger partial charge in [-0.1, -0.05) is 25.4 Å². The molecule has 0 spiro atoms. The molecule has 0 saturated carbocycles. The van der Waals surface area contributed by atoms with Crippen LogP contribution < -0.4 is 20.9 Å². The lowest BCUT2D eigenvalue weighted by Gasteiger charge is -2.36. The summed E-state index contributed by atoms with van der Waals surface area (Å²) < 4.78 is 0. The molecule has 0 aliphatic carbocycles. The zero-order valence-corrected chi connectivity index (χ0v) is 18.8. The maximum Gasteiger partial charge on any atom is 0.240 e. The number of carbonyl (C=O) groups is 1. The number of nitrogens with one attached hydrogen (secondary N) is 1. The van der Waals surface area contributed by atoms with E-state index in [-0.39, 0.29) is 11.8 Å². The van der Waals surface area contributed by atoms with Crippen molar-refractivity contribution in [2.45, 2.75) is 31.2 Å². The number of primary amides is 1. The normalized spacial score (nSPS) is 17.2. The molecule has 3 N–H and O–H groups in total. The van der Waals surface area contributed by atoms with Gasteiger partial charge in [-0.05, 0) is 30.2 Å². The van der Waals surface area contributed by atoms with Crippen LogP contribution in [-0.2, 0) is 11.2 Å². The quantitative estimate of drug-likeness (QED) is 0.705. The molecule has 1 aromatic heterocycles. The van der Waals surface area contributed by atoms with Crippen molar-refractivity contribution in [1.29, 1.82) is 0 Å². The van der Waals surface area contributed by atoms with E-state index in [1.165, 1.54) is 5.69 Å². The average molecular weight is 447 g/mol. The van der Waals surface area contributed by atoms with Crippen molar-refractivity contribution < 1.29 is 4.79 Å². The van der Waals surface area contributed by atoms with E-state index in [1.807, 2.05) is 26.0 Å². The first-order chi connectivity index (χ1) is 14.4. The summed E-state index contributed by atoms with van der Waals surface area (Å²) in [6, 6.07) is 7.50. The van der Waals surface area contributed by atoms with E-state index >= 15 is 0 Å². The Bertz CT molecular complexity index is 914. The molecule has 1 atom stereocenters. The minimum atomic E-state index is -0.459. The summed E-state index contributed by atoms with van der Waals surface area (Å²) >= 11 is 7.75. The fraction of sp³-hybridized carbons (Fsp3) is 0.476. The van der Waals surface area contributed by atoms with E-state index in [0.717, 1.165) is 65.7 Å². The predicted octanol–water partition coefficient (Wildman–Crippen LogP) is 3.03. The van der Waals surface area contributed by atoms with Crippen LogP contribution in [0.1, 0.15) is 19.5 Å². The number of carbonyl (C=O) groups excluding carboxylic acids is 1. The van der Waals surface area contributed by atoms with Gasteiger partial charge >= 0.3 is 0 Å². The van der Waals surface area contributed by atoms with Crippen LogP contribution in [0.4, 0.5) is 17.5 Å². The molecule has 1 unspecified atom stereocenters. The summed E-state index contributed by atoms with van der Waals surface area (Å²) in [6.45, 7) is 7.39. The number of amides is 1. The van der Waals surface area contributed by atoms with Gasteiger partial charge in [0.1, 0.15) is 11.9 Å². The van der Waals surface area contributed by atoms with Gasteiger partial charge in [0.15, 0.2) is 0 Å². The number of halogens is 1. The fourth-order valence-corrected chi connectivity index (χ4v) is 5.01. The molecule has 1 amide bonds. The van der Waals surface area contributed by atoms with Crippen molar-refractivity contribution in [3.05, 3.63) is 35.0 Å². The number of benzene rings is 1. The highest BCUT2D eigenvalue weighted by Gasteiger charge is 2.28. The van der Waals surface area contributed by atoms with Gasteiger partial charge in [0.25, 0.3) is 0 Å². The number of anilines is 3. The highest BCUT2D eigenvalue weighted by molar-refractivity contribution is 7.99. The van der Waals surface area contributed by atoms with Crippen molar-refractivity contribution >= 4 is 46.7 Å². The van der Waals surface area contributed by atoms with Crippen molar-refractivity contribution in [3.8, 4) is 0 Å². The van der Waals surface area contributed by atoms with Gasteiger partial charge in [-0.3, -0.25) is 4.79 Å². The van der Waals surface area contributed by atoms with E-state index in [1.54, 1.807) is 11.8 Å². The van der Waals surface area contributed by atoms with Crippen molar-refractivity contribution in [3.63, 3.8) is 0 Å². The zero-order valence-electron chi connectivity index (χ0n) is 17.3. The summed E-state index contributed by atoms with van der Waals surface area (Å²) in [5.74, 6) is 2.15. The molecule has 30 heavy (non-hydrogen) atoms. The Kier molecular flexibility index (Phi) is 6.24. The van der Waals surface area contributed by atoms with Crippen LogP contribution in [0.3, 0.4) is 0 Å². The number of rotatable bonds is 6. The third-order valence-electron chi connectivity index (χ3n) is 5.53. The molecule has 2 aliphatic rings. The third kappa shape index (κ3) is 4.44. The zero-order chi connectivity index (χ0) is 21.3. The van der Waals surface area contributed by atoms with Gasteiger partial charge in [-0.25, -0.2) is 4.98 Å². The van der Waals surface area contributed by atoms with Gasteiger partial charge < -0.3 is 20.9 Å². The third-order valence-corrected chi connectivity index (χ3v) is 6.91. The van der Waals surface area contributed by atoms with E-state index in [4.69, 9.17) is 27.3 Å². The number of nitrogens with zero attached hydrogens (tertiary/aromatic N) is 4. The first kappa shape index (κ1) is 21.1. The summed E-state index contributed by atoms with van der Waals surface area (Å²) in [4.78, 5) is 27.2. The SMILES string of the molecule is CC(C)C(Nc1nc(N2CCN(c3ccc(Cl)cc3)CC2)nc2c1SCC2)C(N)=O. The van der Waals surface area contributed by atoms with Gasteiger partial charge in [0, 0.05) is 49.1 Å². The number of aryl methyl sites for hydroxylation is 1. The lowest BCUT2D eigenvalue weighted by molar-refractivity contribution is -0.119. The molecule has 2 aliphatic heterocycles. The number of piperazine rings is 1. The summed E-state index contributed by atoms with van der Waals surface area (Å²) in [5.41, 5.74) is 7.85. The second-order valence-corrected chi connectivity index (χ2v) is 9.51. The Balaban J connectivity index is 1.52. The summed E-state index contributed by atoms with van der Waals surface area (Å²) in [5, 5.41) is 4.05. The smallest absolute Gasteiger partial charge is 0.240 e. The molecule has 1 saturated heterocycles. The number of nitrogens with two attached hydrogens (primary N) is 1. The summed E-state index contributed by atoms with van der Waals surface area (Å²) in [6.07, 6.45) is 0.915. The van der Waals surface area contributed by atoms with Crippen molar-refractivity contribution in [2.24, 2.45) is 11.7 Å².